The van der Waals surface area contributed by atoms with Crippen molar-refractivity contribution in [3.05, 3.63) is 78.4 Å². The summed E-state index contributed by atoms with van der Waals surface area (Å²) in [6.07, 6.45) is 0.831. The Labute approximate surface area is 186 Å². The van der Waals surface area contributed by atoms with E-state index in [0.717, 1.165) is 16.3 Å². The van der Waals surface area contributed by atoms with Crippen LogP contribution < -0.4 is 10.2 Å². The largest absolute Gasteiger partial charge is 0.480 e. The summed E-state index contributed by atoms with van der Waals surface area (Å²) < 4.78 is 0. The first-order chi connectivity index (χ1) is 15.4. The Morgan fingerprint density at radius 1 is 0.906 bits per heavy atom. The molecule has 0 unspecified atom stereocenters. The predicted octanol–water partition coefficient (Wildman–Crippen LogP) is 3.32. The van der Waals surface area contributed by atoms with Gasteiger partial charge in [0, 0.05) is 5.39 Å². The molecule has 0 saturated carbocycles. The van der Waals surface area contributed by atoms with Gasteiger partial charge in [0.1, 0.15) is 12.6 Å². The van der Waals surface area contributed by atoms with Crippen molar-refractivity contribution in [2.75, 3.05) is 11.4 Å². The molecule has 0 aromatic heterocycles. The van der Waals surface area contributed by atoms with E-state index >= 15 is 0 Å². The van der Waals surface area contributed by atoms with Crippen molar-refractivity contribution in [2.24, 2.45) is 0 Å². The number of aliphatic carboxylic acids is 2. The van der Waals surface area contributed by atoms with Crippen LogP contribution >= 0.6 is 0 Å². The minimum Gasteiger partial charge on any atom is -0.480 e. The van der Waals surface area contributed by atoms with E-state index in [9.17, 15) is 24.6 Å². The molecular weight excluding hydrogens is 408 g/mol. The van der Waals surface area contributed by atoms with E-state index in [4.69, 9.17) is 0 Å². The number of amides is 1. The molecule has 3 aromatic rings. The zero-order chi connectivity index (χ0) is 23.1. The summed E-state index contributed by atoms with van der Waals surface area (Å²) in [6.45, 7) is 1.03. The lowest BCUT2D eigenvalue weighted by Gasteiger charge is -2.27. The van der Waals surface area contributed by atoms with Crippen molar-refractivity contribution in [3.63, 3.8) is 0 Å². The molecule has 0 aliphatic carbocycles. The zero-order valence-electron chi connectivity index (χ0n) is 17.8. The number of carbonyl (C=O) groups is 3. The Hall–Kier alpha value is -3.71. The number of hydrogen-bond donors (Lipinski definition) is 3. The van der Waals surface area contributed by atoms with Crippen LogP contribution in [0.3, 0.4) is 0 Å². The van der Waals surface area contributed by atoms with Gasteiger partial charge >= 0.3 is 11.9 Å². The van der Waals surface area contributed by atoms with Crippen LogP contribution in [0.5, 0.6) is 0 Å². The van der Waals surface area contributed by atoms with Crippen molar-refractivity contribution < 1.29 is 24.6 Å². The third kappa shape index (κ3) is 5.70. The van der Waals surface area contributed by atoms with Crippen LogP contribution in [0.1, 0.15) is 18.9 Å². The van der Waals surface area contributed by atoms with Crippen LogP contribution in [-0.2, 0) is 20.8 Å². The summed E-state index contributed by atoms with van der Waals surface area (Å²) in [5, 5.41) is 23.6. The number of fused-ring (bicyclic) bond motifs is 1. The number of carboxylic acids is 2. The number of hydrogen-bond acceptors (Lipinski definition) is 4. The van der Waals surface area contributed by atoms with E-state index in [1.165, 1.54) is 4.90 Å². The van der Waals surface area contributed by atoms with Gasteiger partial charge < -0.3 is 10.2 Å². The maximum absolute atomic E-state index is 13.3. The number of nitrogens with zero attached hydrogens (tertiary/aromatic N) is 1. The molecule has 7 nitrogen and oxygen atoms in total. The maximum atomic E-state index is 13.3. The van der Waals surface area contributed by atoms with Crippen LogP contribution in [0, 0.1) is 0 Å². The summed E-state index contributed by atoms with van der Waals surface area (Å²) in [6, 6.07) is 20.4. The van der Waals surface area contributed by atoms with E-state index in [1.807, 2.05) is 60.7 Å². The molecule has 0 radical (unpaired) electrons. The molecule has 0 heterocycles. The van der Waals surface area contributed by atoms with Crippen LogP contribution in [0.15, 0.2) is 72.8 Å². The molecule has 0 fully saturated rings. The molecule has 3 rings (SSSR count). The third-order valence-corrected chi connectivity index (χ3v) is 5.30. The van der Waals surface area contributed by atoms with Crippen molar-refractivity contribution in [2.45, 2.75) is 31.8 Å². The number of benzene rings is 3. The lowest BCUT2D eigenvalue weighted by molar-refractivity contribution is -0.140. The Kier molecular flexibility index (Phi) is 7.57. The molecule has 3 aromatic carbocycles. The Bertz CT molecular complexity index is 1090. The highest BCUT2D eigenvalue weighted by Gasteiger charge is 2.29. The second kappa shape index (κ2) is 10.5. The third-order valence-electron chi connectivity index (χ3n) is 5.30. The predicted molar refractivity (Wildman–Crippen MR) is 123 cm³/mol. The summed E-state index contributed by atoms with van der Waals surface area (Å²) >= 11 is 0. The number of aryl methyl sites for hydroxylation is 1. The van der Waals surface area contributed by atoms with E-state index in [2.05, 4.69) is 5.32 Å². The first-order valence-electron chi connectivity index (χ1n) is 10.4. The van der Waals surface area contributed by atoms with Gasteiger partial charge in [-0.3, -0.25) is 24.6 Å². The molecule has 166 valence electrons. The molecule has 3 N–H and O–H groups in total. The van der Waals surface area contributed by atoms with Gasteiger partial charge in [0.15, 0.2) is 0 Å². The first kappa shape index (κ1) is 23.0. The second-order valence-electron chi connectivity index (χ2n) is 7.62. The van der Waals surface area contributed by atoms with Gasteiger partial charge in [0.25, 0.3) is 0 Å². The molecule has 7 heteroatoms. The summed E-state index contributed by atoms with van der Waals surface area (Å²) in [7, 11) is 0. The highest BCUT2D eigenvalue weighted by molar-refractivity contribution is 6.07. The smallest absolute Gasteiger partial charge is 0.323 e. The number of rotatable bonds is 10. The fraction of sp³-hybridized carbons (Fsp3) is 0.240. The van der Waals surface area contributed by atoms with E-state index in [-0.39, 0.29) is 0 Å². The van der Waals surface area contributed by atoms with Crippen molar-refractivity contribution in [1.29, 1.82) is 0 Å². The van der Waals surface area contributed by atoms with E-state index in [0.29, 0.717) is 18.5 Å². The quantitative estimate of drug-likeness (QED) is 0.452. The van der Waals surface area contributed by atoms with Crippen LogP contribution in [-0.4, -0.2) is 46.7 Å². The molecule has 1 amide bonds. The van der Waals surface area contributed by atoms with Crippen molar-refractivity contribution in [1.82, 2.24) is 5.32 Å². The average Bonchev–Trinajstić information content (AvgIpc) is 2.79. The maximum Gasteiger partial charge on any atom is 0.323 e. The number of carbonyl (C=O) groups excluding carboxylic acids is 1. The van der Waals surface area contributed by atoms with E-state index < -0.39 is 36.5 Å². The summed E-state index contributed by atoms with van der Waals surface area (Å²) in [5.74, 6) is -2.72. The standard InChI is InChI=1S/C25H26N2O5/c1-17(26-21(25(31)32)15-14-18-8-3-2-4-9-18)24(30)27(16-23(28)29)22-13-7-11-19-10-5-6-12-20(19)22/h2-13,17,21,26H,14-16H2,1H3,(H,28,29)(H,31,32)/t17-,21-/m0/s1. The summed E-state index contributed by atoms with van der Waals surface area (Å²) in [4.78, 5) is 37.8. The molecule has 0 aliphatic rings. The van der Waals surface area contributed by atoms with Gasteiger partial charge in [0.2, 0.25) is 5.91 Å². The Morgan fingerprint density at radius 3 is 2.25 bits per heavy atom. The number of carboxylic acid groups (broad SMARTS) is 2. The number of anilines is 1. The lowest BCUT2D eigenvalue weighted by atomic mass is 10.0. The molecule has 0 saturated heterocycles. The number of nitrogens with one attached hydrogen (secondary N) is 1. The molecule has 32 heavy (non-hydrogen) atoms. The fourth-order valence-electron chi connectivity index (χ4n) is 3.70. The fourth-order valence-corrected chi connectivity index (χ4v) is 3.70. The van der Waals surface area contributed by atoms with Gasteiger partial charge in [0.05, 0.1) is 11.7 Å². The van der Waals surface area contributed by atoms with Crippen LogP contribution in [0.4, 0.5) is 5.69 Å². The second-order valence-corrected chi connectivity index (χ2v) is 7.62. The van der Waals surface area contributed by atoms with Gasteiger partial charge in [-0.2, -0.15) is 0 Å². The zero-order valence-corrected chi connectivity index (χ0v) is 17.8. The van der Waals surface area contributed by atoms with Gasteiger partial charge in [-0.15, -0.1) is 0 Å². The van der Waals surface area contributed by atoms with Gasteiger partial charge in [-0.1, -0.05) is 66.7 Å². The van der Waals surface area contributed by atoms with Crippen LogP contribution in [0.25, 0.3) is 10.8 Å². The monoisotopic (exact) mass is 434 g/mol. The molecule has 2 atom stereocenters. The van der Waals surface area contributed by atoms with Crippen molar-refractivity contribution >= 4 is 34.3 Å². The highest BCUT2D eigenvalue weighted by atomic mass is 16.4. The molecule has 0 spiro atoms. The van der Waals surface area contributed by atoms with E-state index in [1.54, 1.807) is 19.1 Å². The average molecular weight is 434 g/mol. The van der Waals surface area contributed by atoms with Crippen molar-refractivity contribution in [3.8, 4) is 0 Å². The normalized spacial score (nSPS) is 12.8. The minimum atomic E-state index is -1.16. The Balaban J connectivity index is 1.80. The minimum absolute atomic E-state index is 0.296. The SMILES string of the molecule is C[C@H](N[C@@H](CCc1ccccc1)C(=O)O)C(=O)N(CC(=O)O)c1cccc2ccccc12. The molecule has 0 aliphatic heterocycles. The topological polar surface area (TPSA) is 107 Å². The van der Waals surface area contributed by atoms with Gasteiger partial charge in [-0.25, -0.2) is 0 Å². The highest BCUT2D eigenvalue weighted by Crippen LogP contribution is 2.27. The lowest BCUT2D eigenvalue weighted by Crippen LogP contribution is -2.52. The van der Waals surface area contributed by atoms with Gasteiger partial charge in [-0.05, 0) is 36.8 Å². The Morgan fingerprint density at radius 2 is 1.56 bits per heavy atom. The molecule has 0 bridgehead atoms. The molecular formula is C25H26N2O5. The first-order valence-corrected chi connectivity index (χ1v) is 10.4. The summed E-state index contributed by atoms with van der Waals surface area (Å²) in [5.41, 5.74) is 1.48. The van der Waals surface area contributed by atoms with Crippen LogP contribution in [0.2, 0.25) is 0 Å².